The number of halogens is 2. The van der Waals surface area contributed by atoms with E-state index in [0.717, 1.165) is 10.1 Å². The van der Waals surface area contributed by atoms with E-state index < -0.39 is 5.97 Å². The van der Waals surface area contributed by atoms with Crippen LogP contribution in [0.3, 0.4) is 0 Å². The molecule has 1 heterocycles. The summed E-state index contributed by atoms with van der Waals surface area (Å²) in [5.41, 5.74) is 0. The fourth-order valence-corrected chi connectivity index (χ4v) is 5.07. The lowest BCUT2D eigenvalue weighted by Gasteiger charge is -2.09. The van der Waals surface area contributed by atoms with Gasteiger partial charge in [-0.25, -0.2) is 4.79 Å². The van der Waals surface area contributed by atoms with Crippen molar-refractivity contribution < 1.29 is 19.4 Å². The Morgan fingerprint density at radius 2 is 1.84 bits per heavy atom. The number of carboxylic acid groups (broad SMARTS) is 1. The van der Waals surface area contributed by atoms with Crippen molar-refractivity contribution in [1.29, 1.82) is 0 Å². The molecule has 3 rings (SSSR count). The van der Waals surface area contributed by atoms with E-state index in [1.165, 1.54) is 37.3 Å². The second-order valence-corrected chi connectivity index (χ2v) is 7.81. The van der Waals surface area contributed by atoms with E-state index in [2.05, 4.69) is 0 Å². The van der Waals surface area contributed by atoms with E-state index in [9.17, 15) is 9.90 Å². The summed E-state index contributed by atoms with van der Waals surface area (Å²) in [5.74, 6) is 0.0779. The summed E-state index contributed by atoms with van der Waals surface area (Å²) in [5, 5.41) is 11.2. The lowest BCUT2D eigenvalue weighted by atomic mass is 10.2. The molecule has 0 spiro atoms. The number of hydrogen-bond acceptors (Lipinski definition) is 5. The zero-order valence-electron chi connectivity index (χ0n) is 13.1. The van der Waals surface area contributed by atoms with Gasteiger partial charge in [-0.05, 0) is 18.2 Å². The molecule has 0 aliphatic heterocycles. The highest BCUT2D eigenvalue weighted by Gasteiger charge is 2.22. The third-order valence-electron chi connectivity index (χ3n) is 3.47. The quantitative estimate of drug-likeness (QED) is 0.548. The molecule has 0 saturated carbocycles. The molecule has 0 atom stereocenters. The highest BCUT2D eigenvalue weighted by molar-refractivity contribution is 8.00. The molecule has 25 heavy (non-hydrogen) atoms. The first-order valence-corrected chi connectivity index (χ1v) is 9.38. The lowest BCUT2D eigenvalue weighted by Crippen LogP contribution is -1.94. The summed E-state index contributed by atoms with van der Waals surface area (Å²) in [6.07, 6.45) is 0. The van der Waals surface area contributed by atoms with Gasteiger partial charge in [-0.15, -0.1) is 11.3 Å². The smallest absolute Gasteiger partial charge is 0.347 e. The SMILES string of the molecule is COc1cc2sc(C(=O)O)c(Sc3cccc(Cl)c3Cl)c2cc1OC. The first-order valence-electron chi connectivity index (χ1n) is 7.00. The molecule has 0 bridgehead atoms. The molecule has 0 aliphatic rings. The second kappa shape index (κ2) is 7.33. The maximum Gasteiger partial charge on any atom is 0.347 e. The molecule has 0 unspecified atom stereocenters. The fraction of sp³-hybridized carbons (Fsp3) is 0.118. The molecule has 0 aliphatic carbocycles. The molecule has 0 saturated heterocycles. The largest absolute Gasteiger partial charge is 0.493 e. The van der Waals surface area contributed by atoms with Gasteiger partial charge in [-0.2, -0.15) is 0 Å². The predicted octanol–water partition coefficient (Wildman–Crippen LogP) is 6.07. The van der Waals surface area contributed by atoms with Crippen LogP contribution in [-0.2, 0) is 0 Å². The van der Waals surface area contributed by atoms with E-state index in [0.29, 0.717) is 31.3 Å². The monoisotopic (exact) mass is 414 g/mol. The van der Waals surface area contributed by atoms with Crippen molar-refractivity contribution in [1.82, 2.24) is 0 Å². The Hall–Kier alpha value is -1.60. The van der Waals surface area contributed by atoms with Gasteiger partial charge in [0.15, 0.2) is 11.5 Å². The summed E-state index contributed by atoms with van der Waals surface area (Å²) in [7, 11) is 3.08. The normalized spacial score (nSPS) is 10.9. The minimum Gasteiger partial charge on any atom is -0.493 e. The number of thiophene rings is 1. The van der Waals surface area contributed by atoms with Gasteiger partial charge in [-0.3, -0.25) is 0 Å². The lowest BCUT2D eigenvalue weighted by molar-refractivity contribution is 0.0699. The summed E-state index contributed by atoms with van der Waals surface area (Å²) < 4.78 is 11.4. The molecule has 8 heteroatoms. The highest BCUT2D eigenvalue weighted by atomic mass is 35.5. The van der Waals surface area contributed by atoms with E-state index >= 15 is 0 Å². The molecular formula is C17H12Cl2O4S2. The average Bonchev–Trinajstić information content (AvgIpc) is 2.95. The second-order valence-electron chi connectivity index (χ2n) is 4.92. The first kappa shape index (κ1) is 18.2. The van der Waals surface area contributed by atoms with Crippen LogP contribution in [0, 0.1) is 0 Å². The van der Waals surface area contributed by atoms with Crippen LogP contribution in [0.4, 0.5) is 0 Å². The molecule has 3 aromatic rings. The fourth-order valence-electron chi connectivity index (χ4n) is 2.32. The number of hydrogen-bond donors (Lipinski definition) is 1. The number of methoxy groups -OCH3 is 2. The van der Waals surface area contributed by atoms with Crippen molar-refractivity contribution in [2.24, 2.45) is 0 Å². The zero-order valence-corrected chi connectivity index (χ0v) is 16.3. The van der Waals surface area contributed by atoms with Gasteiger partial charge in [0.25, 0.3) is 0 Å². The Kier molecular flexibility index (Phi) is 5.34. The summed E-state index contributed by atoms with van der Waals surface area (Å²) >= 11 is 14.8. The van der Waals surface area contributed by atoms with Crippen LogP contribution >= 0.6 is 46.3 Å². The summed E-state index contributed by atoms with van der Waals surface area (Å²) in [6, 6.07) is 8.81. The molecule has 0 amide bonds. The van der Waals surface area contributed by atoms with Crippen LogP contribution in [0.15, 0.2) is 40.1 Å². The van der Waals surface area contributed by atoms with Gasteiger partial charge >= 0.3 is 5.97 Å². The number of rotatable bonds is 5. The zero-order chi connectivity index (χ0) is 18.1. The van der Waals surface area contributed by atoms with Gasteiger partial charge in [0.1, 0.15) is 4.88 Å². The van der Waals surface area contributed by atoms with Crippen molar-refractivity contribution in [3.63, 3.8) is 0 Å². The van der Waals surface area contributed by atoms with Crippen molar-refractivity contribution in [2.75, 3.05) is 14.2 Å². The summed E-state index contributed by atoms with van der Waals surface area (Å²) in [4.78, 5) is 13.2. The number of carboxylic acids is 1. The van der Waals surface area contributed by atoms with Gasteiger partial charge in [0, 0.05) is 25.9 Å². The molecule has 130 valence electrons. The molecular weight excluding hydrogens is 403 g/mol. The number of aromatic carboxylic acids is 1. The van der Waals surface area contributed by atoms with Gasteiger partial charge in [0.2, 0.25) is 0 Å². The van der Waals surface area contributed by atoms with Crippen molar-refractivity contribution in [3.05, 3.63) is 45.3 Å². The Bertz CT molecular complexity index is 969. The Balaban J connectivity index is 2.22. The summed E-state index contributed by atoms with van der Waals surface area (Å²) in [6.45, 7) is 0. The average molecular weight is 415 g/mol. The van der Waals surface area contributed by atoms with Crippen molar-refractivity contribution in [3.8, 4) is 11.5 Å². The molecule has 2 aromatic carbocycles. The van der Waals surface area contributed by atoms with E-state index in [1.807, 2.05) is 0 Å². The minimum atomic E-state index is -1.00. The number of ether oxygens (including phenoxy) is 2. The van der Waals surface area contributed by atoms with Crippen molar-refractivity contribution >= 4 is 62.4 Å². The first-order chi connectivity index (χ1) is 12.0. The number of fused-ring (bicyclic) bond motifs is 1. The van der Waals surface area contributed by atoms with Gasteiger partial charge in [0.05, 0.1) is 24.3 Å². The maximum atomic E-state index is 11.7. The Morgan fingerprint density at radius 1 is 1.16 bits per heavy atom. The van der Waals surface area contributed by atoms with Crippen LogP contribution in [-0.4, -0.2) is 25.3 Å². The van der Waals surface area contributed by atoms with Crippen LogP contribution in [0.1, 0.15) is 9.67 Å². The van der Waals surface area contributed by atoms with Gasteiger partial charge < -0.3 is 14.6 Å². The van der Waals surface area contributed by atoms with Crippen molar-refractivity contribution in [2.45, 2.75) is 9.79 Å². The van der Waals surface area contributed by atoms with Crippen LogP contribution in [0.5, 0.6) is 11.5 Å². The van der Waals surface area contributed by atoms with E-state index in [1.54, 1.807) is 30.3 Å². The molecule has 1 N–H and O–H groups in total. The number of carbonyl (C=O) groups is 1. The molecule has 0 fully saturated rings. The predicted molar refractivity (Wildman–Crippen MR) is 102 cm³/mol. The van der Waals surface area contributed by atoms with Gasteiger partial charge in [-0.1, -0.05) is 41.0 Å². The molecule has 4 nitrogen and oxygen atoms in total. The van der Waals surface area contributed by atoms with Crippen LogP contribution in [0.25, 0.3) is 10.1 Å². The van der Waals surface area contributed by atoms with Crippen LogP contribution < -0.4 is 9.47 Å². The molecule has 1 aromatic heterocycles. The topological polar surface area (TPSA) is 55.8 Å². The standard InChI is InChI=1S/C17H12Cl2O4S2/c1-22-10-6-8-13(7-11(10)23-2)25-16(17(20)21)15(8)24-12-5-3-4-9(18)14(12)19/h3-7H,1-2H3,(H,20,21). The van der Waals surface area contributed by atoms with E-state index in [-0.39, 0.29) is 4.88 Å². The molecule has 0 radical (unpaired) electrons. The third kappa shape index (κ3) is 3.40. The Labute approximate surface area is 162 Å². The number of benzene rings is 2. The highest BCUT2D eigenvalue weighted by Crippen LogP contribution is 2.47. The minimum absolute atomic E-state index is 0.228. The third-order valence-corrected chi connectivity index (χ3v) is 6.86. The van der Waals surface area contributed by atoms with E-state index in [4.69, 9.17) is 32.7 Å². The Morgan fingerprint density at radius 3 is 2.48 bits per heavy atom. The maximum absolute atomic E-state index is 11.7. The van der Waals surface area contributed by atoms with Crippen LogP contribution in [0.2, 0.25) is 10.0 Å².